The molecule has 4 aliphatic carbocycles. The van der Waals surface area contributed by atoms with E-state index in [0.717, 1.165) is 61.6 Å². The summed E-state index contributed by atoms with van der Waals surface area (Å²) in [6.45, 7) is 3.95. The Morgan fingerprint density at radius 3 is 1.77 bits per heavy atom. The number of piperazine rings is 1. The van der Waals surface area contributed by atoms with Gasteiger partial charge in [-0.15, -0.1) is 0 Å². The summed E-state index contributed by atoms with van der Waals surface area (Å²) >= 11 is 0. The standard InChI is InChI=1S/C21H27F3N2/c22-21(23,24)18-1-3-19(4-2-18)25-5-7-26(8-6-25)20-16-10-14-9-15(12-16)13-17(20)11-14/h1-4,14-17,20H,5-13H2. The zero-order valence-corrected chi connectivity index (χ0v) is 15.1. The minimum atomic E-state index is -4.25. The lowest BCUT2D eigenvalue weighted by Crippen LogP contribution is -2.60. The van der Waals surface area contributed by atoms with E-state index in [4.69, 9.17) is 0 Å². The number of alkyl halides is 3. The Morgan fingerprint density at radius 2 is 1.27 bits per heavy atom. The van der Waals surface area contributed by atoms with Crippen molar-refractivity contribution in [2.24, 2.45) is 23.7 Å². The number of halogens is 3. The molecular weight excluding hydrogens is 337 g/mol. The van der Waals surface area contributed by atoms with E-state index in [1.807, 2.05) is 0 Å². The van der Waals surface area contributed by atoms with Gasteiger partial charge in [-0.05, 0) is 80.0 Å². The minimum Gasteiger partial charge on any atom is -0.369 e. The van der Waals surface area contributed by atoms with E-state index < -0.39 is 11.7 Å². The highest BCUT2D eigenvalue weighted by Gasteiger charge is 2.50. The summed E-state index contributed by atoms with van der Waals surface area (Å²) in [6, 6.07) is 6.44. The molecule has 0 unspecified atom stereocenters. The van der Waals surface area contributed by atoms with Gasteiger partial charge in [-0.25, -0.2) is 0 Å². The van der Waals surface area contributed by atoms with E-state index in [0.29, 0.717) is 0 Å². The van der Waals surface area contributed by atoms with Crippen molar-refractivity contribution in [2.75, 3.05) is 31.1 Å². The van der Waals surface area contributed by atoms with Gasteiger partial charge >= 0.3 is 6.18 Å². The van der Waals surface area contributed by atoms with Crippen molar-refractivity contribution in [3.05, 3.63) is 29.8 Å². The lowest BCUT2D eigenvalue weighted by atomic mass is 9.54. The van der Waals surface area contributed by atoms with Crippen LogP contribution in [0.15, 0.2) is 24.3 Å². The molecule has 26 heavy (non-hydrogen) atoms. The number of nitrogens with zero attached hydrogens (tertiary/aromatic N) is 2. The Morgan fingerprint density at radius 1 is 0.731 bits per heavy atom. The van der Waals surface area contributed by atoms with Gasteiger partial charge in [0, 0.05) is 37.9 Å². The summed E-state index contributed by atoms with van der Waals surface area (Å²) in [4.78, 5) is 4.96. The molecule has 0 amide bonds. The Hall–Kier alpha value is -1.23. The lowest BCUT2D eigenvalue weighted by molar-refractivity contribution is -0.137. The van der Waals surface area contributed by atoms with E-state index in [9.17, 15) is 13.2 Å². The molecule has 0 atom stereocenters. The molecule has 2 nitrogen and oxygen atoms in total. The van der Waals surface area contributed by atoms with Gasteiger partial charge in [0.25, 0.3) is 0 Å². The molecule has 5 fully saturated rings. The number of anilines is 1. The van der Waals surface area contributed by atoms with Crippen molar-refractivity contribution in [1.29, 1.82) is 0 Å². The van der Waals surface area contributed by atoms with Crippen molar-refractivity contribution < 1.29 is 13.2 Å². The molecule has 1 aromatic rings. The summed E-state index contributed by atoms with van der Waals surface area (Å²) < 4.78 is 38.2. The number of benzene rings is 1. The van der Waals surface area contributed by atoms with E-state index in [-0.39, 0.29) is 0 Å². The molecular formula is C21H27F3N2. The largest absolute Gasteiger partial charge is 0.416 e. The topological polar surface area (TPSA) is 6.48 Å². The second-order valence-corrected chi connectivity index (χ2v) is 8.99. The molecule has 142 valence electrons. The van der Waals surface area contributed by atoms with Crippen molar-refractivity contribution in [3.63, 3.8) is 0 Å². The fraction of sp³-hybridized carbons (Fsp3) is 0.714. The van der Waals surface area contributed by atoms with E-state index >= 15 is 0 Å². The van der Waals surface area contributed by atoms with Crippen LogP contribution in [0.4, 0.5) is 18.9 Å². The fourth-order valence-electron chi connectivity index (χ4n) is 6.63. The van der Waals surface area contributed by atoms with Crippen LogP contribution in [0.3, 0.4) is 0 Å². The number of hydrogen-bond donors (Lipinski definition) is 0. The number of rotatable bonds is 2. The maximum Gasteiger partial charge on any atom is 0.416 e. The van der Waals surface area contributed by atoms with Crippen LogP contribution in [0.5, 0.6) is 0 Å². The summed E-state index contributed by atoms with van der Waals surface area (Å²) in [7, 11) is 0. The van der Waals surface area contributed by atoms with E-state index in [2.05, 4.69) is 9.80 Å². The molecule has 1 heterocycles. The Kier molecular flexibility index (Phi) is 4.00. The maximum atomic E-state index is 12.7. The van der Waals surface area contributed by atoms with Crippen molar-refractivity contribution in [1.82, 2.24) is 4.90 Å². The predicted octanol–water partition coefficient (Wildman–Crippen LogP) is 4.65. The molecule has 6 rings (SSSR count). The van der Waals surface area contributed by atoms with Crippen LogP contribution >= 0.6 is 0 Å². The van der Waals surface area contributed by atoms with Gasteiger partial charge in [0.15, 0.2) is 0 Å². The highest BCUT2D eigenvalue weighted by Crippen LogP contribution is 2.55. The second kappa shape index (κ2) is 6.15. The van der Waals surface area contributed by atoms with Crippen LogP contribution in [0, 0.1) is 23.7 Å². The average Bonchev–Trinajstić information content (AvgIpc) is 2.61. The van der Waals surface area contributed by atoms with Gasteiger partial charge < -0.3 is 4.90 Å². The third-order valence-electron chi connectivity index (χ3n) is 7.47. The molecule has 0 N–H and O–H groups in total. The normalized spacial score (nSPS) is 37.3. The van der Waals surface area contributed by atoms with E-state index in [1.54, 1.807) is 12.1 Å². The molecule has 1 saturated heterocycles. The average molecular weight is 364 g/mol. The molecule has 5 aliphatic rings. The van der Waals surface area contributed by atoms with Crippen LogP contribution in [-0.2, 0) is 6.18 Å². The van der Waals surface area contributed by atoms with Crippen LogP contribution in [-0.4, -0.2) is 37.1 Å². The third kappa shape index (κ3) is 2.92. The van der Waals surface area contributed by atoms with Crippen molar-refractivity contribution in [3.8, 4) is 0 Å². The van der Waals surface area contributed by atoms with Crippen LogP contribution in [0.1, 0.15) is 37.7 Å². The van der Waals surface area contributed by atoms with Gasteiger partial charge in [-0.1, -0.05) is 0 Å². The highest BCUT2D eigenvalue weighted by molar-refractivity contribution is 5.48. The summed E-state index contributed by atoms with van der Waals surface area (Å²) in [5.74, 6) is 3.82. The summed E-state index contributed by atoms with van der Waals surface area (Å²) in [5.41, 5.74) is 0.358. The first kappa shape index (κ1) is 16.9. The maximum absolute atomic E-state index is 12.7. The first-order chi connectivity index (χ1) is 12.5. The summed E-state index contributed by atoms with van der Waals surface area (Å²) in [5, 5.41) is 0. The van der Waals surface area contributed by atoms with Gasteiger partial charge in [0.1, 0.15) is 0 Å². The molecule has 1 aromatic carbocycles. The lowest BCUT2D eigenvalue weighted by Gasteiger charge is -2.58. The van der Waals surface area contributed by atoms with Gasteiger partial charge in [0.05, 0.1) is 5.56 Å². The molecule has 5 heteroatoms. The minimum absolute atomic E-state index is 0.562. The van der Waals surface area contributed by atoms with E-state index in [1.165, 1.54) is 44.2 Å². The Balaban J connectivity index is 1.23. The molecule has 0 aromatic heterocycles. The first-order valence-electron chi connectivity index (χ1n) is 10.1. The smallest absolute Gasteiger partial charge is 0.369 e. The predicted molar refractivity (Wildman–Crippen MR) is 96.1 cm³/mol. The molecule has 4 bridgehead atoms. The highest BCUT2D eigenvalue weighted by atomic mass is 19.4. The monoisotopic (exact) mass is 364 g/mol. The van der Waals surface area contributed by atoms with Gasteiger partial charge in [-0.2, -0.15) is 13.2 Å². The van der Waals surface area contributed by atoms with Crippen LogP contribution in [0.25, 0.3) is 0 Å². The van der Waals surface area contributed by atoms with Crippen molar-refractivity contribution in [2.45, 2.75) is 44.3 Å². The SMILES string of the molecule is FC(F)(F)c1ccc(N2CCN(C3C4CC5CC(C4)CC3C5)CC2)cc1. The van der Waals surface area contributed by atoms with Gasteiger partial charge in [0.2, 0.25) is 0 Å². The number of hydrogen-bond acceptors (Lipinski definition) is 2. The molecule has 1 aliphatic heterocycles. The van der Waals surface area contributed by atoms with Gasteiger partial charge in [-0.3, -0.25) is 4.90 Å². The molecule has 0 spiro atoms. The second-order valence-electron chi connectivity index (χ2n) is 8.99. The van der Waals surface area contributed by atoms with Crippen molar-refractivity contribution >= 4 is 5.69 Å². The molecule has 4 saturated carbocycles. The first-order valence-corrected chi connectivity index (χ1v) is 10.1. The Labute approximate surface area is 153 Å². The Bertz CT molecular complexity index is 618. The third-order valence-corrected chi connectivity index (χ3v) is 7.47. The van der Waals surface area contributed by atoms with Crippen LogP contribution < -0.4 is 4.90 Å². The molecule has 0 radical (unpaired) electrons. The summed E-state index contributed by atoms with van der Waals surface area (Å²) in [6.07, 6.45) is 3.00. The van der Waals surface area contributed by atoms with Crippen LogP contribution in [0.2, 0.25) is 0 Å². The fourth-order valence-corrected chi connectivity index (χ4v) is 6.63. The zero-order valence-electron chi connectivity index (χ0n) is 15.1. The quantitative estimate of drug-likeness (QED) is 0.754. The zero-order chi connectivity index (χ0) is 17.9.